The molecule has 1 aromatic heterocycles. The lowest BCUT2D eigenvalue weighted by molar-refractivity contribution is -0.141. The number of benzene rings is 2. The number of anilines is 1. The maximum atomic E-state index is 12.7. The van der Waals surface area contributed by atoms with Gasteiger partial charge in [0.15, 0.2) is 11.4 Å². The first-order valence-corrected chi connectivity index (χ1v) is 8.06. The van der Waals surface area contributed by atoms with E-state index in [0.717, 1.165) is 10.7 Å². The highest BCUT2D eigenvalue weighted by atomic mass is 19.4. The van der Waals surface area contributed by atoms with Crippen molar-refractivity contribution in [1.29, 1.82) is 0 Å². The molecule has 0 saturated carbocycles. The largest absolute Gasteiger partial charge is 0.455 e. The number of hydrogen-bond donors (Lipinski definition) is 1. The zero-order valence-electron chi connectivity index (χ0n) is 14.3. The molecule has 1 heterocycles. The molecule has 0 atom stereocenters. The Morgan fingerprint density at radius 3 is 2.44 bits per heavy atom. The van der Waals surface area contributed by atoms with Gasteiger partial charge in [0.05, 0.1) is 5.69 Å². The summed E-state index contributed by atoms with van der Waals surface area (Å²) in [6.07, 6.45) is -4.55. The molecular weight excluding hydrogens is 359 g/mol. The van der Waals surface area contributed by atoms with Crippen LogP contribution in [0.1, 0.15) is 11.4 Å². The highest BCUT2D eigenvalue weighted by molar-refractivity contribution is 5.92. The van der Waals surface area contributed by atoms with Crippen molar-refractivity contribution < 1.29 is 22.7 Å². The lowest BCUT2D eigenvalue weighted by Gasteiger charge is -2.12. The van der Waals surface area contributed by atoms with Gasteiger partial charge in [-0.3, -0.25) is 9.48 Å². The number of aryl methyl sites for hydroxylation is 1. The Labute approximate surface area is 153 Å². The minimum atomic E-state index is -4.55. The Morgan fingerprint density at radius 2 is 1.78 bits per heavy atom. The summed E-state index contributed by atoms with van der Waals surface area (Å²) < 4.78 is 45.0. The second kappa shape index (κ2) is 7.53. The number of para-hydroxylation sites is 3. The van der Waals surface area contributed by atoms with E-state index in [1.165, 1.54) is 6.92 Å². The summed E-state index contributed by atoms with van der Waals surface area (Å²) in [4.78, 5) is 12.3. The second-order valence-corrected chi connectivity index (χ2v) is 5.79. The highest BCUT2D eigenvalue weighted by Gasteiger charge is 2.34. The van der Waals surface area contributed by atoms with Gasteiger partial charge in [0.25, 0.3) is 0 Å². The molecule has 3 aromatic rings. The predicted molar refractivity (Wildman–Crippen MR) is 93.6 cm³/mol. The van der Waals surface area contributed by atoms with Gasteiger partial charge in [-0.1, -0.05) is 30.3 Å². The van der Waals surface area contributed by atoms with Gasteiger partial charge < -0.3 is 10.1 Å². The molecule has 0 bridgehead atoms. The zero-order chi connectivity index (χ0) is 19.4. The number of carbonyl (C=O) groups is 1. The van der Waals surface area contributed by atoms with Crippen molar-refractivity contribution in [3.63, 3.8) is 0 Å². The molecule has 0 spiro atoms. The Balaban J connectivity index is 1.73. The van der Waals surface area contributed by atoms with E-state index in [9.17, 15) is 18.0 Å². The summed E-state index contributed by atoms with van der Waals surface area (Å²) in [5.41, 5.74) is -0.376. The van der Waals surface area contributed by atoms with Crippen molar-refractivity contribution >= 4 is 11.6 Å². The molecule has 0 aliphatic heterocycles. The van der Waals surface area contributed by atoms with Crippen LogP contribution >= 0.6 is 0 Å². The fraction of sp³-hybridized carbons (Fsp3) is 0.158. The maximum Gasteiger partial charge on any atom is 0.435 e. The molecular formula is C19H16F3N3O2. The maximum absolute atomic E-state index is 12.7. The van der Waals surface area contributed by atoms with Crippen LogP contribution in [0.15, 0.2) is 60.7 Å². The Morgan fingerprint density at radius 1 is 1.11 bits per heavy atom. The van der Waals surface area contributed by atoms with Crippen LogP contribution in [-0.4, -0.2) is 15.7 Å². The van der Waals surface area contributed by atoms with Crippen molar-refractivity contribution in [1.82, 2.24) is 9.78 Å². The van der Waals surface area contributed by atoms with E-state index in [1.807, 2.05) is 18.2 Å². The van der Waals surface area contributed by atoms with Gasteiger partial charge in [0.2, 0.25) is 5.91 Å². The minimum absolute atomic E-state index is 0.242. The summed E-state index contributed by atoms with van der Waals surface area (Å²) in [5.74, 6) is 0.501. The van der Waals surface area contributed by atoms with E-state index in [-0.39, 0.29) is 12.2 Å². The number of ether oxygens (including phenoxy) is 1. The quantitative estimate of drug-likeness (QED) is 0.707. The van der Waals surface area contributed by atoms with Gasteiger partial charge in [-0.2, -0.15) is 18.3 Å². The van der Waals surface area contributed by atoms with Gasteiger partial charge in [0.1, 0.15) is 12.3 Å². The number of halogens is 3. The van der Waals surface area contributed by atoms with E-state index in [0.29, 0.717) is 17.2 Å². The Hall–Kier alpha value is -3.29. The molecule has 8 heteroatoms. The smallest absolute Gasteiger partial charge is 0.435 e. The molecule has 0 aliphatic carbocycles. The number of rotatable bonds is 5. The SMILES string of the molecule is Cc1cc(C(F)(F)F)nn1CC(=O)Nc1ccccc1Oc1ccccc1. The monoisotopic (exact) mass is 375 g/mol. The highest BCUT2D eigenvalue weighted by Crippen LogP contribution is 2.30. The first-order valence-electron chi connectivity index (χ1n) is 8.06. The average molecular weight is 375 g/mol. The van der Waals surface area contributed by atoms with Crippen molar-refractivity contribution in [3.05, 3.63) is 72.1 Å². The second-order valence-electron chi connectivity index (χ2n) is 5.79. The molecule has 1 amide bonds. The Bertz CT molecular complexity index is 937. The topological polar surface area (TPSA) is 56.2 Å². The molecule has 0 saturated heterocycles. The van der Waals surface area contributed by atoms with Crippen LogP contribution in [0.5, 0.6) is 11.5 Å². The number of nitrogens with one attached hydrogen (secondary N) is 1. The van der Waals surface area contributed by atoms with Crippen LogP contribution < -0.4 is 10.1 Å². The van der Waals surface area contributed by atoms with E-state index in [1.54, 1.807) is 36.4 Å². The van der Waals surface area contributed by atoms with Gasteiger partial charge in [-0.25, -0.2) is 0 Å². The number of carbonyl (C=O) groups excluding carboxylic acids is 1. The summed E-state index contributed by atoms with van der Waals surface area (Å²) >= 11 is 0. The molecule has 27 heavy (non-hydrogen) atoms. The lowest BCUT2D eigenvalue weighted by atomic mass is 10.3. The zero-order valence-corrected chi connectivity index (χ0v) is 14.3. The van der Waals surface area contributed by atoms with Crippen LogP contribution in [0.3, 0.4) is 0 Å². The van der Waals surface area contributed by atoms with Crippen molar-refractivity contribution in [2.75, 3.05) is 5.32 Å². The lowest BCUT2D eigenvalue weighted by Crippen LogP contribution is -2.21. The normalized spacial score (nSPS) is 11.3. The predicted octanol–water partition coefficient (Wildman–Crippen LogP) is 4.64. The standard InChI is InChI=1S/C19H16F3N3O2/c1-13-11-17(19(20,21)22)24-25(13)12-18(26)23-15-9-5-6-10-16(15)27-14-7-3-2-4-8-14/h2-11H,12H2,1H3,(H,23,26). The molecule has 5 nitrogen and oxygen atoms in total. The minimum Gasteiger partial charge on any atom is -0.455 e. The Kier molecular flexibility index (Phi) is 5.16. The number of alkyl halides is 3. The van der Waals surface area contributed by atoms with E-state index >= 15 is 0 Å². The summed E-state index contributed by atoms with van der Waals surface area (Å²) in [6, 6.07) is 16.7. The molecule has 0 fully saturated rings. The van der Waals surface area contributed by atoms with Crippen LogP contribution in [-0.2, 0) is 17.5 Å². The third kappa shape index (κ3) is 4.66. The third-order valence-electron chi connectivity index (χ3n) is 3.70. The molecule has 3 rings (SSSR count). The molecule has 0 aliphatic rings. The fourth-order valence-electron chi connectivity index (χ4n) is 2.41. The summed E-state index contributed by atoms with van der Waals surface area (Å²) in [7, 11) is 0. The average Bonchev–Trinajstić information content (AvgIpc) is 2.98. The van der Waals surface area contributed by atoms with Crippen molar-refractivity contribution in [2.24, 2.45) is 0 Å². The molecule has 1 N–H and O–H groups in total. The first-order chi connectivity index (χ1) is 12.8. The van der Waals surface area contributed by atoms with Crippen LogP contribution in [0.4, 0.5) is 18.9 Å². The van der Waals surface area contributed by atoms with E-state index < -0.39 is 17.8 Å². The van der Waals surface area contributed by atoms with Gasteiger partial charge >= 0.3 is 6.18 Å². The van der Waals surface area contributed by atoms with E-state index in [4.69, 9.17) is 4.74 Å². The van der Waals surface area contributed by atoms with Gasteiger partial charge in [0, 0.05) is 5.69 Å². The van der Waals surface area contributed by atoms with Crippen LogP contribution in [0, 0.1) is 6.92 Å². The molecule has 140 valence electrons. The molecule has 0 radical (unpaired) electrons. The van der Waals surface area contributed by atoms with Crippen molar-refractivity contribution in [2.45, 2.75) is 19.6 Å². The van der Waals surface area contributed by atoms with Gasteiger partial charge in [-0.15, -0.1) is 0 Å². The van der Waals surface area contributed by atoms with Crippen molar-refractivity contribution in [3.8, 4) is 11.5 Å². The summed E-state index contributed by atoms with van der Waals surface area (Å²) in [5, 5.41) is 6.10. The van der Waals surface area contributed by atoms with Crippen LogP contribution in [0.25, 0.3) is 0 Å². The number of aromatic nitrogens is 2. The van der Waals surface area contributed by atoms with Gasteiger partial charge in [-0.05, 0) is 37.3 Å². The fourth-order valence-corrected chi connectivity index (χ4v) is 2.41. The summed E-state index contributed by atoms with van der Waals surface area (Å²) in [6.45, 7) is 1.11. The van der Waals surface area contributed by atoms with E-state index in [2.05, 4.69) is 10.4 Å². The number of nitrogens with zero attached hydrogens (tertiary/aromatic N) is 2. The third-order valence-corrected chi connectivity index (χ3v) is 3.70. The first kappa shape index (κ1) is 18.5. The number of hydrogen-bond acceptors (Lipinski definition) is 3. The molecule has 0 unspecified atom stereocenters. The van der Waals surface area contributed by atoms with Crippen LogP contribution in [0.2, 0.25) is 0 Å². The molecule has 2 aromatic carbocycles. The number of amides is 1.